The highest BCUT2D eigenvalue weighted by Crippen LogP contribution is 2.10. The molecule has 0 bridgehead atoms. The summed E-state index contributed by atoms with van der Waals surface area (Å²) >= 11 is 5.68. The zero-order chi connectivity index (χ0) is 8.10. The molecule has 0 unspecified atom stereocenters. The van der Waals surface area contributed by atoms with E-state index in [1.54, 1.807) is 6.08 Å². The van der Waals surface area contributed by atoms with Gasteiger partial charge in [-0.15, -0.1) is 0 Å². The summed E-state index contributed by atoms with van der Waals surface area (Å²) in [4.78, 5) is 0. The van der Waals surface area contributed by atoms with Gasteiger partial charge in [-0.1, -0.05) is 35.9 Å². The molecular weight excluding hydrogens is 158 g/mol. The van der Waals surface area contributed by atoms with Crippen LogP contribution in [0.25, 0.3) is 6.08 Å². The minimum Gasteiger partial charge on any atom is -0.254 e. The van der Waals surface area contributed by atoms with Crippen molar-refractivity contribution in [2.24, 2.45) is 0 Å². The van der Waals surface area contributed by atoms with E-state index in [4.69, 9.17) is 17.3 Å². The summed E-state index contributed by atoms with van der Waals surface area (Å²) in [5.41, 5.74) is 7.97. The molecule has 1 N–H and O–H groups in total. The lowest BCUT2D eigenvalue weighted by molar-refractivity contribution is 1.20. The molecule has 2 heteroatoms. The average Bonchev–Trinajstić information content (AvgIpc) is 2.04. The van der Waals surface area contributed by atoms with Gasteiger partial charge < -0.3 is 0 Å². The molecule has 1 aromatic carbocycles. The van der Waals surface area contributed by atoms with Crippen molar-refractivity contribution in [3.63, 3.8) is 0 Å². The highest BCUT2D eigenvalue weighted by Gasteiger charge is 1.85. The van der Waals surface area contributed by atoms with E-state index in [9.17, 15) is 0 Å². The Morgan fingerprint density at radius 3 is 2.45 bits per heavy atom. The van der Waals surface area contributed by atoms with Crippen LogP contribution in [-0.4, -0.2) is 6.54 Å². The van der Waals surface area contributed by atoms with Gasteiger partial charge in [-0.25, -0.2) is 0 Å². The summed E-state index contributed by atoms with van der Waals surface area (Å²) in [5.74, 6) is 0. The molecule has 0 heterocycles. The van der Waals surface area contributed by atoms with Crippen LogP contribution in [0, 0.1) is 0 Å². The van der Waals surface area contributed by atoms with Crippen molar-refractivity contribution in [2.45, 2.75) is 0 Å². The summed E-state index contributed by atoms with van der Waals surface area (Å²) in [5, 5.41) is 0.744. The first kappa shape index (κ1) is 8.31. The van der Waals surface area contributed by atoms with Gasteiger partial charge in [-0.05, 0) is 17.7 Å². The largest absolute Gasteiger partial charge is 0.254 e. The van der Waals surface area contributed by atoms with E-state index in [2.05, 4.69) is 0 Å². The maximum Gasteiger partial charge on any atom is 0.0406 e. The van der Waals surface area contributed by atoms with Crippen LogP contribution in [0.1, 0.15) is 5.56 Å². The first-order chi connectivity index (χ1) is 5.33. The Balaban J connectivity index is 2.73. The first-order valence-electron chi connectivity index (χ1n) is 3.39. The minimum atomic E-state index is 0.322. The molecule has 0 saturated heterocycles. The van der Waals surface area contributed by atoms with Gasteiger partial charge >= 0.3 is 0 Å². The molecule has 1 radical (unpaired) electrons. The molecular formula is C9H9ClN. The molecule has 0 fully saturated rings. The van der Waals surface area contributed by atoms with Crippen molar-refractivity contribution in [3.05, 3.63) is 40.9 Å². The standard InChI is InChI=1S/C9H9ClN/c10-9-5-3-8(4-6-9)2-1-7-11/h1-6,11H,7H2. The SMILES string of the molecule is [NH]CC=Cc1ccc(Cl)cc1. The van der Waals surface area contributed by atoms with Gasteiger partial charge in [0.15, 0.2) is 0 Å². The van der Waals surface area contributed by atoms with Crippen LogP contribution >= 0.6 is 11.6 Å². The van der Waals surface area contributed by atoms with Gasteiger partial charge in [-0.2, -0.15) is 0 Å². The van der Waals surface area contributed by atoms with Gasteiger partial charge in [0.05, 0.1) is 0 Å². The number of benzene rings is 1. The van der Waals surface area contributed by atoms with Gasteiger partial charge in [0, 0.05) is 11.6 Å². The molecule has 0 aliphatic rings. The second-order valence-corrected chi connectivity index (χ2v) is 2.59. The highest BCUT2D eigenvalue weighted by atomic mass is 35.5. The average molecular weight is 167 g/mol. The van der Waals surface area contributed by atoms with Crippen LogP contribution in [0.5, 0.6) is 0 Å². The predicted octanol–water partition coefficient (Wildman–Crippen LogP) is 2.64. The predicted molar refractivity (Wildman–Crippen MR) is 48.4 cm³/mol. The lowest BCUT2D eigenvalue weighted by Gasteiger charge is -1.91. The zero-order valence-electron chi connectivity index (χ0n) is 6.05. The van der Waals surface area contributed by atoms with Crippen molar-refractivity contribution in [1.82, 2.24) is 5.73 Å². The normalized spacial score (nSPS) is 10.7. The van der Waals surface area contributed by atoms with Crippen LogP contribution in [0.15, 0.2) is 30.3 Å². The Labute approximate surface area is 71.5 Å². The third-order valence-corrected chi connectivity index (χ3v) is 1.55. The van der Waals surface area contributed by atoms with Gasteiger partial charge in [0.2, 0.25) is 0 Å². The van der Waals surface area contributed by atoms with E-state index < -0.39 is 0 Å². The van der Waals surface area contributed by atoms with Crippen LogP contribution in [0.2, 0.25) is 5.02 Å². The second kappa shape index (κ2) is 4.16. The maximum absolute atomic E-state index is 6.88. The molecule has 57 valence electrons. The van der Waals surface area contributed by atoms with E-state index in [0.29, 0.717) is 6.54 Å². The molecule has 0 amide bonds. The molecule has 1 aromatic rings. The van der Waals surface area contributed by atoms with Crippen LogP contribution in [0.3, 0.4) is 0 Å². The number of rotatable bonds is 2. The quantitative estimate of drug-likeness (QED) is 0.645. The highest BCUT2D eigenvalue weighted by molar-refractivity contribution is 6.30. The lowest BCUT2D eigenvalue weighted by atomic mass is 10.2. The van der Waals surface area contributed by atoms with E-state index in [1.165, 1.54) is 0 Å². The molecule has 0 aliphatic carbocycles. The lowest BCUT2D eigenvalue weighted by Crippen LogP contribution is -1.75. The fourth-order valence-electron chi connectivity index (χ4n) is 0.769. The molecule has 0 aromatic heterocycles. The van der Waals surface area contributed by atoms with Crippen molar-refractivity contribution >= 4 is 17.7 Å². The summed E-state index contributed by atoms with van der Waals surface area (Å²) in [6, 6.07) is 7.53. The van der Waals surface area contributed by atoms with Gasteiger partial charge in [0.1, 0.15) is 0 Å². The third-order valence-electron chi connectivity index (χ3n) is 1.30. The number of hydrogen-bond donors (Lipinski definition) is 0. The topological polar surface area (TPSA) is 23.8 Å². The molecule has 0 atom stereocenters. The van der Waals surface area contributed by atoms with E-state index in [0.717, 1.165) is 10.6 Å². The Bertz CT molecular complexity index is 238. The van der Waals surface area contributed by atoms with Crippen molar-refractivity contribution < 1.29 is 0 Å². The number of halogens is 1. The number of nitrogens with one attached hydrogen (secondary N) is 1. The molecule has 0 saturated carbocycles. The monoisotopic (exact) mass is 166 g/mol. The van der Waals surface area contributed by atoms with Crippen molar-refractivity contribution in [1.29, 1.82) is 0 Å². The van der Waals surface area contributed by atoms with E-state index >= 15 is 0 Å². The molecule has 1 nitrogen and oxygen atoms in total. The maximum atomic E-state index is 6.88. The van der Waals surface area contributed by atoms with E-state index in [1.807, 2.05) is 30.3 Å². The summed E-state index contributed by atoms with van der Waals surface area (Å²) in [6.45, 7) is 0.322. The Morgan fingerprint density at radius 2 is 1.91 bits per heavy atom. The van der Waals surface area contributed by atoms with Gasteiger partial charge in [-0.3, -0.25) is 5.73 Å². The number of hydrogen-bond acceptors (Lipinski definition) is 0. The van der Waals surface area contributed by atoms with Crippen LogP contribution in [-0.2, 0) is 0 Å². The zero-order valence-corrected chi connectivity index (χ0v) is 6.81. The fraction of sp³-hybridized carbons (Fsp3) is 0.111. The molecule has 11 heavy (non-hydrogen) atoms. The fourth-order valence-corrected chi connectivity index (χ4v) is 0.895. The third kappa shape index (κ3) is 2.74. The smallest absolute Gasteiger partial charge is 0.0406 e. The molecule has 0 aliphatic heterocycles. The summed E-state index contributed by atoms with van der Waals surface area (Å²) < 4.78 is 0. The Morgan fingerprint density at radius 1 is 1.27 bits per heavy atom. The summed E-state index contributed by atoms with van der Waals surface area (Å²) in [7, 11) is 0. The summed E-state index contributed by atoms with van der Waals surface area (Å²) in [6.07, 6.45) is 3.70. The molecule has 0 spiro atoms. The van der Waals surface area contributed by atoms with Crippen molar-refractivity contribution in [3.8, 4) is 0 Å². The van der Waals surface area contributed by atoms with E-state index in [-0.39, 0.29) is 0 Å². The first-order valence-corrected chi connectivity index (χ1v) is 3.77. The Kier molecular flexibility index (Phi) is 3.14. The second-order valence-electron chi connectivity index (χ2n) is 2.16. The van der Waals surface area contributed by atoms with Crippen LogP contribution < -0.4 is 5.73 Å². The van der Waals surface area contributed by atoms with Crippen molar-refractivity contribution in [2.75, 3.05) is 6.54 Å². The van der Waals surface area contributed by atoms with Gasteiger partial charge in [0.25, 0.3) is 0 Å². The minimum absolute atomic E-state index is 0.322. The van der Waals surface area contributed by atoms with Crippen LogP contribution in [0.4, 0.5) is 0 Å². The molecule has 1 rings (SSSR count). The Hall–Kier alpha value is -0.790.